The van der Waals surface area contributed by atoms with Gasteiger partial charge in [-0.05, 0) is 18.3 Å². The number of hydrogen-bond acceptors (Lipinski definition) is 3. The Morgan fingerprint density at radius 1 is 1.39 bits per heavy atom. The smallest absolute Gasteiger partial charge is 0.189 e. The molecule has 0 unspecified atom stereocenters. The molecule has 96 valence electrons. The highest BCUT2D eigenvalue weighted by molar-refractivity contribution is 7.80. The highest BCUT2D eigenvalue weighted by Crippen LogP contribution is 2.12. The monoisotopic (exact) mass is 283 g/mol. The van der Waals surface area contributed by atoms with Crippen LogP contribution >= 0.6 is 23.8 Å². The summed E-state index contributed by atoms with van der Waals surface area (Å²) in [4.78, 5) is 2.03. The summed E-state index contributed by atoms with van der Waals surface area (Å²) in [5.74, 6) is 0. The van der Waals surface area contributed by atoms with Crippen LogP contribution in [0.15, 0.2) is 29.4 Å². The fraction of sp³-hybridized carbons (Fsp3) is 0.333. The fourth-order valence-corrected chi connectivity index (χ4v) is 1.99. The minimum atomic E-state index is 0.613. The van der Waals surface area contributed by atoms with Crippen LogP contribution < -0.4 is 5.43 Å². The van der Waals surface area contributed by atoms with Gasteiger partial charge in [0.1, 0.15) is 0 Å². The topological polar surface area (TPSA) is 36.9 Å². The van der Waals surface area contributed by atoms with E-state index in [0.29, 0.717) is 23.3 Å². The van der Waals surface area contributed by atoms with Crippen LogP contribution in [0.25, 0.3) is 0 Å². The van der Waals surface area contributed by atoms with Gasteiger partial charge in [0.15, 0.2) is 5.11 Å². The number of hydrogen-bond donors (Lipinski definition) is 1. The zero-order valence-electron chi connectivity index (χ0n) is 9.80. The standard InChI is InChI=1S/C12H14ClN3OS/c13-11-4-2-1-3-10(11)9-14-15-12(18)16-5-7-17-8-6-16/h1-4,9H,5-8H2,(H,15,18)/b14-9+. The number of hydrazone groups is 1. The Morgan fingerprint density at radius 3 is 2.83 bits per heavy atom. The largest absolute Gasteiger partial charge is 0.378 e. The maximum atomic E-state index is 6.01. The first-order valence-electron chi connectivity index (χ1n) is 5.67. The van der Waals surface area contributed by atoms with Gasteiger partial charge >= 0.3 is 0 Å². The van der Waals surface area contributed by atoms with Gasteiger partial charge in [0.05, 0.1) is 19.4 Å². The summed E-state index contributed by atoms with van der Waals surface area (Å²) >= 11 is 11.2. The first-order chi connectivity index (χ1) is 8.77. The number of halogens is 1. The summed E-state index contributed by atoms with van der Waals surface area (Å²) < 4.78 is 5.25. The van der Waals surface area contributed by atoms with Crippen molar-refractivity contribution in [3.8, 4) is 0 Å². The van der Waals surface area contributed by atoms with Crippen LogP contribution in [0, 0.1) is 0 Å². The molecule has 1 aliphatic heterocycles. The number of nitrogens with zero attached hydrogens (tertiary/aromatic N) is 2. The van der Waals surface area contributed by atoms with Crippen LogP contribution in [0.1, 0.15) is 5.56 Å². The average molecular weight is 284 g/mol. The fourth-order valence-electron chi connectivity index (χ4n) is 1.57. The molecule has 1 saturated heterocycles. The lowest BCUT2D eigenvalue weighted by molar-refractivity contribution is 0.0677. The molecule has 1 aliphatic rings. The van der Waals surface area contributed by atoms with Gasteiger partial charge in [-0.3, -0.25) is 5.43 Å². The second-order valence-corrected chi connectivity index (χ2v) is 4.59. The van der Waals surface area contributed by atoms with Gasteiger partial charge in [-0.25, -0.2) is 0 Å². The zero-order valence-corrected chi connectivity index (χ0v) is 11.4. The van der Waals surface area contributed by atoms with Gasteiger partial charge < -0.3 is 9.64 Å². The Balaban J connectivity index is 1.87. The van der Waals surface area contributed by atoms with Crippen LogP contribution in [0.2, 0.25) is 5.02 Å². The number of rotatable bonds is 2. The van der Waals surface area contributed by atoms with Crippen molar-refractivity contribution in [3.63, 3.8) is 0 Å². The van der Waals surface area contributed by atoms with Gasteiger partial charge in [0.2, 0.25) is 0 Å². The van der Waals surface area contributed by atoms with Crippen molar-refractivity contribution in [2.45, 2.75) is 0 Å². The summed E-state index contributed by atoms with van der Waals surface area (Å²) in [6.45, 7) is 3.01. The van der Waals surface area contributed by atoms with Crippen LogP contribution in [-0.4, -0.2) is 42.5 Å². The molecule has 0 aliphatic carbocycles. The van der Waals surface area contributed by atoms with E-state index in [9.17, 15) is 0 Å². The van der Waals surface area contributed by atoms with E-state index in [1.165, 1.54) is 0 Å². The molecule has 0 aromatic heterocycles. The minimum Gasteiger partial charge on any atom is -0.378 e. The van der Waals surface area contributed by atoms with Gasteiger partial charge in [-0.15, -0.1) is 0 Å². The van der Waals surface area contributed by atoms with Crippen molar-refractivity contribution >= 4 is 35.1 Å². The highest BCUT2D eigenvalue weighted by Gasteiger charge is 2.12. The van der Waals surface area contributed by atoms with E-state index < -0.39 is 0 Å². The Kier molecular flexibility index (Phi) is 4.92. The van der Waals surface area contributed by atoms with E-state index in [4.69, 9.17) is 28.6 Å². The molecule has 18 heavy (non-hydrogen) atoms. The molecule has 0 amide bonds. The minimum absolute atomic E-state index is 0.613. The summed E-state index contributed by atoms with van der Waals surface area (Å²) in [5.41, 5.74) is 3.70. The second-order valence-electron chi connectivity index (χ2n) is 3.80. The van der Waals surface area contributed by atoms with Crippen molar-refractivity contribution in [2.75, 3.05) is 26.3 Å². The maximum Gasteiger partial charge on any atom is 0.189 e. The summed E-state index contributed by atoms with van der Waals surface area (Å²) in [6.07, 6.45) is 1.66. The number of benzene rings is 1. The molecule has 2 rings (SSSR count). The molecule has 1 fully saturated rings. The quantitative estimate of drug-likeness (QED) is 0.511. The SMILES string of the molecule is S=C(N/N=C/c1ccccc1Cl)N1CCOCC1. The molecule has 1 aromatic rings. The molecule has 0 spiro atoms. The van der Waals surface area contributed by atoms with Crippen molar-refractivity contribution in [1.82, 2.24) is 10.3 Å². The van der Waals surface area contributed by atoms with Crippen LogP contribution in [0.4, 0.5) is 0 Å². The van der Waals surface area contributed by atoms with Gasteiger partial charge in [-0.2, -0.15) is 5.10 Å². The van der Waals surface area contributed by atoms with E-state index in [0.717, 1.165) is 18.7 Å². The third-order valence-corrected chi connectivity index (χ3v) is 3.26. The molecule has 0 saturated carbocycles. The van der Waals surface area contributed by atoms with Crippen molar-refractivity contribution in [3.05, 3.63) is 34.9 Å². The first-order valence-corrected chi connectivity index (χ1v) is 6.46. The first kappa shape index (κ1) is 13.3. The second kappa shape index (κ2) is 6.68. The molecule has 4 nitrogen and oxygen atoms in total. The molecule has 0 bridgehead atoms. The van der Waals surface area contributed by atoms with E-state index >= 15 is 0 Å². The number of nitrogens with one attached hydrogen (secondary N) is 1. The predicted molar refractivity (Wildman–Crippen MR) is 77.2 cm³/mol. The Morgan fingerprint density at radius 2 is 2.11 bits per heavy atom. The maximum absolute atomic E-state index is 6.01. The van der Waals surface area contributed by atoms with E-state index in [1.54, 1.807) is 6.21 Å². The van der Waals surface area contributed by atoms with Crippen LogP contribution in [-0.2, 0) is 4.74 Å². The lowest BCUT2D eigenvalue weighted by atomic mass is 10.2. The van der Waals surface area contributed by atoms with E-state index in [-0.39, 0.29) is 0 Å². The lowest BCUT2D eigenvalue weighted by Crippen LogP contribution is -2.44. The predicted octanol–water partition coefficient (Wildman–Crippen LogP) is 1.88. The third kappa shape index (κ3) is 3.66. The van der Waals surface area contributed by atoms with Gasteiger partial charge in [-0.1, -0.05) is 29.8 Å². The van der Waals surface area contributed by atoms with Crippen molar-refractivity contribution < 1.29 is 4.74 Å². The van der Waals surface area contributed by atoms with Gasteiger partial charge in [0, 0.05) is 23.7 Å². The molecule has 1 heterocycles. The Labute approximate surface area is 117 Å². The van der Waals surface area contributed by atoms with Crippen molar-refractivity contribution in [2.24, 2.45) is 5.10 Å². The Hall–Kier alpha value is -1.17. The lowest BCUT2D eigenvalue weighted by Gasteiger charge is -2.28. The zero-order chi connectivity index (χ0) is 12.8. The normalized spacial score (nSPS) is 15.9. The average Bonchev–Trinajstić information content (AvgIpc) is 2.42. The van der Waals surface area contributed by atoms with Crippen molar-refractivity contribution in [1.29, 1.82) is 0 Å². The molecular weight excluding hydrogens is 270 g/mol. The van der Waals surface area contributed by atoms with Crippen LogP contribution in [0.5, 0.6) is 0 Å². The summed E-state index contributed by atoms with van der Waals surface area (Å²) in [5, 5.41) is 5.37. The summed E-state index contributed by atoms with van der Waals surface area (Å²) in [6, 6.07) is 7.51. The summed E-state index contributed by atoms with van der Waals surface area (Å²) in [7, 11) is 0. The molecule has 1 N–H and O–H groups in total. The highest BCUT2D eigenvalue weighted by atomic mass is 35.5. The molecular formula is C12H14ClN3OS. The number of thiocarbonyl (C=S) groups is 1. The van der Waals surface area contributed by atoms with E-state index in [1.807, 2.05) is 29.2 Å². The number of morpholine rings is 1. The Bertz CT molecular complexity index is 447. The van der Waals surface area contributed by atoms with E-state index in [2.05, 4.69) is 10.5 Å². The third-order valence-electron chi connectivity index (χ3n) is 2.57. The molecule has 0 atom stereocenters. The number of ether oxygens (including phenoxy) is 1. The molecule has 6 heteroatoms. The van der Waals surface area contributed by atoms with Crippen LogP contribution in [0.3, 0.4) is 0 Å². The molecule has 1 aromatic carbocycles. The molecule has 0 radical (unpaired) electrons. The van der Waals surface area contributed by atoms with Gasteiger partial charge in [0.25, 0.3) is 0 Å².